The number of hydrogen-bond acceptors (Lipinski definition) is 2. The fourth-order valence-electron chi connectivity index (χ4n) is 4.09. The molecule has 4 aromatic rings. The lowest BCUT2D eigenvalue weighted by Crippen LogP contribution is -2.42. The Labute approximate surface area is 173 Å². The molecule has 29 heavy (non-hydrogen) atoms. The largest absolute Gasteiger partial charge is 0.416 e. The minimum atomic E-state index is -0.354. The number of halogens is 1. The minimum absolute atomic E-state index is 0.248. The van der Waals surface area contributed by atoms with Gasteiger partial charge in [-0.3, -0.25) is 4.90 Å². The van der Waals surface area contributed by atoms with Crippen molar-refractivity contribution in [3.05, 3.63) is 101 Å². The highest BCUT2D eigenvalue weighted by molar-refractivity contribution is 6.31. The third-order valence-corrected chi connectivity index (χ3v) is 5.62. The molecule has 1 N–H and O–H groups in total. The SMILES string of the molecule is O=C(Oc1ccccc1)N1CCc2c([nH]c3ccc(Cl)cc23)C1c1ccccc1. The second-order valence-electron chi connectivity index (χ2n) is 7.14. The van der Waals surface area contributed by atoms with Gasteiger partial charge in [-0.25, -0.2) is 4.79 Å². The molecule has 1 amide bonds. The number of fused-ring (bicyclic) bond motifs is 3. The molecule has 0 spiro atoms. The van der Waals surface area contributed by atoms with Gasteiger partial charge in [-0.15, -0.1) is 0 Å². The Morgan fingerprint density at radius 1 is 1.00 bits per heavy atom. The number of hydrogen-bond donors (Lipinski definition) is 1. The van der Waals surface area contributed by atoms with Crippen LogP contribution in [-0.4, -0.2) is 22.5 Å². The Kier molecular flexibility index (Phi) is 4.49. The van der Waals surface area contributed by atoms with E-state index in [2.05, 4.69) is 4.98 Å². The molecular weight excluding hydrogens is 384 g/mol. The van der Waals surface area contributed by atoms with E-state index in [1.165, 1.54) is 5.56 Å². The standard InChI is InChI=1S/C24H19ClN2O2/c25-17-11-12-21-20(15-17)19-13-14-27(24(28)29-18-9-5-2-6-10-18)23(22(19)26-21)16-7-3-1-4-8-16/h1-12,15,23,26H,13-14H2. The van der Waals surface area contributed by atoms with Gasteiger partial charge in [-0.1, -0.05) is 60.1 Å². The van der Waals surface area contributed by atoms with Crippen molar-refractivity contribution in [1.29, 1.82) is 0 Å². The topological polar surface area (TPSA) is 45.3 Å². The van der Waals surface area contributed by atoms with Crippen molar-refractivity contribution in [2.75, 3.05) is 6.54 Å². The Morgan fingerprint density at radius 2 is 1.72 bits per heavy atom. The van der Waals surface area contributed by atoms with Crippen LogP contribution >= 0.6 is 11.6 Å². The number of rotatable bonds is 2. The van der Waals surface area contributed by atoms with Gasteiger partial charge >= 0.3 is 6.09 Å². The zero-order chi connectivity index (χ0) is 19.8. The summed E-state index contributed by atoms with van der Waals surface area (Å²) in [7, 11) is 0. The molecular formula is C24H19ClN2O2. The summed E-state index contributed by atoms with van der Waals surface area (Å²) in [5, 5.41) is 1.82. The number of nitrogens with zero attached hydrogens (tertiary/aromatic N) is 1. The van der Waals surface area contributed by atoms with Gasteiger partial charge < -0.3 is 9.72 Å². The van der Waals surface area contributed by atoms with E-state index >= 15 is 0 Å². The van der Waals surface area contributed by atoms with Crippen molar-refractivity contribution in [3.63, 3.8) is 0 Å². The monoisotopic (exact) mass is 402 g/mol. The lowest BCUT2D eigenvalue weighted by atomic mass is 9.93. The predicted octanol–water partition coefficient (Wildman–Crippen LogP) is 5.97. The van der Waals surface area contributed by atoms with Crippen LogP contribution in [0.5, 0.6) is 5.75 Å². The van der Waals surface area contributed by atoms with Crippen LogP contribution in [0.4, 0.5) is 4.79 Å². The third-order valence-electron chi connectivity index (χ3n) is 5.39. The molecule has 0 bridgehead atoms. The Morgan fingerprint density at radius 3 is 2.48 bits per heavy atom. The lowest BCUT2D eigenvalue weighted by Gasteiger charge is -2.35. The molecule has 1 unspecified atom stereocenters. The molecule has 1 atom stereocenters. The van der Waals surface area contributed by atoms with Crippen LogP contribution in [0.3, 0.4) is 0 Å². The molecule has 0 radical (unpaired) electrons. The van der Waals surface area contributed by atoms with Crippen molar-refractivity contribution < 1.29 is 9.53 Å². The summed E-state index contributed by atoms with van der Waals surface area (Å²) in [6.07, 6.45) is 0.385. The maximum atomic E-state index is 13.1. The maximum absolute atomic E-state index is 13.1. The maximum Gasteiger partial charge on any atom is 0.416 e. The van der Waals surface area contributed by atoms with Gasteiger partial charge in [0.15, 0.2) is 0 Å². The molecule has 2 heterocycles. The van der Waals surface area contributed by atoms with Crippen molar-refractivity contribution in [2.45, 2.75) is 12.5 Å². The number of nitrogens with one attached hydrogen (secondary N) is 1. The number of benzene rings is 3. The molecule has 0 saturated carbocycles. The minimum Gasteiger partial charge on any atom is -0.410 e. The fraction of sp³-hybridized carbons (Fsp3) is 0.125. The molecule has 3 aromatic carbocycles. The first kappa shape index (κ1) is 17.8. The number of ether oxygens (including phenoxy) is 1. The zero-order valence-electron chi connectivity index (χ0n) is 15.6. The van der Waals surface area contributed by atoms with Gasteiger partial charge in [0.25, 0.3) is 0 Å². The molecule has 144 valence electrons. The van der Waals surface area contributed by atoms with Gasteiger partial charge in [0.1, 0.15) is 11.8 Å². The average Bonchev–Trinajstić information content (AvgIpc) is 3.12. The van der Waals surface area contributed by atoms with E-state index in [9.17, 15) is 4.79 Å². The highest BCUT2D eigenvalue weighted by Gasteiger charge is 2.35. The molecule has 0 fully saturated rings. The van der Waals surface area contributed by atoms with Crippen LogP contribution in [0.15, 0.2) is 78.9 Å². The Bertz CT molecular complexity index is 1170. The quantitative estimate of drug-likeness (QED) is 0.449. The van der Waals surface area contributed by atoms with E-state index in [1.54, 1.807) is 17.0 Å². The molecule has 4 nitrogen and oxygen atoms in total. The number of carbonyl (C=O) groups excluding carboxylic acids is 1. The van der Waals surface area contributed by atoms with Gasteiger partial charge in [0.2, 0.25) is 0 Å². The average molecular weight is 403 g/mol. The third kappa shape index (κ3) is 3.26. The number of amides is 1. The summed E-state index contributed by atoms with van der Waals surface area (Å²) >= 11 is 6.24. The van der Waals surface area contributed by atoms with Crippen LogP contribution in [-0.2, 0) is 6.42 Å². The first-order chi connectivity index (χ1) is 14.2. The summed E-state index contributed by atoms with van der Waals surface area (Å²) in [4.78, 5) is 18.4. The number of aromatic nitrogens is 1. The Hall–Kier alpha value is -3.24. The van der Waals surface area contributed by atoms with Crippen molar-refractivity contribution in [3.8, 4) is 5.75 Å². The van der Waals surface area contributed by atoms with E-state index in [-0.39, 0.29) is 12.1 Å². The van der Waals surface area contributed by atoms with Gasteiger partial charge in [0, 0.05) is 28.2 Å². The zero-order valence-corrected chi connectivity index (χ0v) is 16.4. The molecule has 1 aliphatic rings. The first-order valence-corrected chi connectivity index (χ1v) is 9.97. The molecule has 1 aromatic heterocycles. The summed E-state index contributed by atoms with van der Waals surface area (Å²) in [6, 6.07) is 24.8. The summed E-state index contributed by atoms with van der Waals surface area (Å²) in [5.41, 5.74) is 4.29. The van der Waals surface area contributed by atoms with E-state index in [0.717, 1.165) is 28.6 Å². The molecule has 5 heteroatoms. The van der Waals surface area contributed by atoms with Gasteiger partial charge in [0.05, 0.1) is 0 Å². The smallest absolute Gasteiger partial charge is 0.410 e. The number of para-hydroxylation sites is 1. The summed E-state index contributed by atoms with van der Waals surface area (Å²) in [6.45, 7) is 0.567. The number of carbonyl (C=O) groups is 1. The van der Waals surface area contributed by atoms with Crippen molar-refractivity contribution >= 4 is 28.6 Å². The second kappa shape index (κ2) is 7.30. The fourth-order valence-corrected chi connectivity index (χ4v) is 4.26. The molecule has 0 aliphatic carbocycles. The highest BCUT2D eigenvalue weighted by Crippen LogP contribution is 2.39. The molecule has 5 rings (SSSR count). The summed E-state index contributed by atoms with van der Waals surface area (Å²) in [5.74, 6) is 0.540. The van der Waals surface area contributed by atoms with E-state index in [4.69, 9.17) is 16.3 Å². The second-order valence-corrected chi connectivity index (χ2v) is 7.58. The Balaban J connectivity index is 1.59. The number of aromatic amines is 1. The lowest BCUT2D eigenvalue weighted by molar-refractivity contribution is 0.135. The van der Waals surface area contributed by atoms with Crippen molar-refractivity contribution in [2.24, 2.45) is 0 Å². The van der Waals surface area contributed by atoms with E-state index in [0.29, 0.717) is 17.3 Å². The van der Waals surface area contributed by atoms with Crippen LogP contribution < -0.4 is 4.74 Å². The molecule has 1 aliphatic heterocycles. The molecule has 0 saturated heterocycles. The van der Waals surface area contributed by atoms with Crippen LogP contribution in [0.25, 0.3) is 10.9 Å². The predicted molar refractivity (Wildman–Crippen MR) is 114 cm³/mol. The number of H-pyrrole nitrogens is 1. The first-order valence-electron chi connectivity index (χ1n) is 9.59. The summed E-state index contributed by atoms with van der Waals surface area (Å²) < 4.78 is 5.67. The van der Waals surface area contributed by atoms with Crippen molar-refractivity contribution in [1.82, 2.24) is 9.88 Å². The highest BCUT2D eigenvalue weighted by atomic mass is 35.5. The van der Waals surface area contributed by atoms with Crippen LogP contribution in [0.1, 0.15) is 22.9 Å². The van der Waals surface area contributed by atoms with E-state index < -0.39 is 0 Å². The van der Waals surface area contributed by atoms with Crippen LogP contribution in [0.2, 0.25) is 5.02 Å². The van der Waals surface area contributed by atoms with Gasteiger partial charge in [-0.2, -0.15) is 0 Å². The van der Waals surface area contributed by atoms with Gasteiger partial charge in [-0.05, 0) is 47.9 Å². The normalized spacial score (nSPS) is 15.9. The van der Waals surface area contributed by atoms with E-state index in [1.807, 2.05) is 66.7 Å². The van der Waals surface area contributed by atoms with Crippen LogP contribution in [0, 0.1) is 0 Å².